The van der Waals surface area contributed by atoms with E-state index in [0.29, 0.717) is 21.6 Å². The van der Waals surface area contributed by atoms with E-state index < -0.39 is 5.91 Å². The standard InChI is InChI=1S/C20H16Cl2N2O4/c1-26-15-5-2-13(3-6-15)11-23-24-20(25)18-9-7-16(28-18)12-27-19-10-14(21)4-8-17(19)22/h2-11H,12H2,1H3,(H,24,25)/b23-11-. The lowest BCUT2D eigenvalue weighted by Crippen LogP contribution is -2.16. The molecule has 3 aromatic rings. The molecule has 0 unspecified atom stereocenters. The number of nitrogens with one attached hydrogen (secondary N) is 1. The third-order valence-electron chi connectivity index (χ3n) is 3.64. The van der Waals surface area contributed by atoms with Crippen LogP contribution in [0.25, 0.3) is 0 Å². The van der Waals surface area contributed by atoms with E-state index in [9.17, 15) is 4.79 Å². The summed E-state index contributed by atoms with van der Waals surface area (Å²) in [6, 6.07) is 15.3. The summed E-state index contributed by atoms with van der Waals surface area (Å²) in [5, 5.41) is 4.85. The smallest absolute Gasteiger partial charge is 0.307 e. The quantitative estimate of drug-likeness (QED) is 0.435. The Bertz CT molecular complexity index is 984. The monoisotopic (exact) mass is 418 g/mol. The Morgan fingerprint density at radius 3 is 2.68 bits per heavy atom. The molecular weight excluding hydrogens is 403 g/mol. The lowest BCUT2D eigenvalue weighted by Gasteiger charge is -2.06. The number of hydrogen-bond acceptors (Lipinski definition) is 5. The third-order valence-corrected chi connectivity index (χ3v) is 4.19. The van der Waals surface area contributed by atoms with Crippen LogP contribution in [-0.2, 0) is 6.61 Å². The van der Waals surface area contributed by atoms with E-state index in [1.54, 1.807) is 43.5 Å². The third kappa shape index (κ3) is 5.28. The minimum atomic E-state index is -0.475. The maximum atomic E-state index is 12.1. The Morgan fingerprint density at radius 1 is 1.14 bits per heavy atom. The highest BCUT2D eigenvalue weighted by atomic mass is 35.5. The second kappa shape index (κ2) is 9.30. The van der Waals surface area contributed by atoms with Crippen molar-refractivity contribution in [2.75, 3.05) is 7.11 Å². The van der Waals surface area contributed by atoms with Gasteiger partial charge >= 0.3 is 5.91 Å². The van der Waals surface area contributed by atoms with Gasteiger partial charge in [-0.05, 0) is 54.1 Å². The molecule has 0 atom stereocenters. The predicted octanol–water partition coefficient (Wildman–Crippen LogP) is 4.94. The second-order valence-electron chi connectivity index (χ2n) is 5.60. The fourth-order valence-electron chi connectivity index (χ4n) is 2.22. The summed E-state index contributed by atoms with van der Waals surface area (Å²) in [6.07, 6.45) is 1.52. The van der Waals surface area contributed by atoms with Crippen molar-refractivity contribution in [2.24, 2.45) is 5.10 Å². The summed E-state index contributed by atoms with van der Waals surface area (Å²) in [4.78, 5) is 12.1. The number of methoxy groups -OCH3 is 1. The van der Waals surface area contributed by atoms with Crippen LogP contribution in [0.5, 0.6) is 11.5 Å². The molecule has 0 fully saturated rings. The zero-order valence-corrected chi connectivity index (χ0v) is 16.3. The first-order chi connectivity index (χ1) is 13.5. The molecule has 28 heavy (non-hydrogen) atoms. The average molecular weight is 419 g/mol. The van der Waals surface area contributed by atoms with Gasteiger partial charge in [-0.15, -0.1) is 0 Å². The van der Waals surface area contributed by atoms with Crippen LogP contribution in [0.2, 0.25) is 10.0 Å². The van der Waals surface area contributed by atoms with E-state index in [1.165, 1.54) is 12.3 Å². The number of rotatable bonds is 7. The summed E-state index contributed by atoms with van der Waals surface area (Å²) in [5.74, 6) is 1.27. The molecule has 0 aliphatic heterocycles. The van der Waals surface area contributed by atoms with Gasteiger partial charge < -0.3 is 13.9 Å². The average Bonchev–Trinajstić information content (AvgIpc) is 3.18. The molecule has 144 valence electrons. The van der Waals surface area contributed by atoms with E-state index in [0.717, 1.165) is 11.3 Å². The normalized spacial score (nSPS) is 10.8. The number of carbonyl (C=O) groups is 1. The van der Waals surface area contributed by atoms with E-state index in [4.69, 9.17) is 37.1 Å². The molecule has 1 heterocycles. The van der Waals surface area contributed by atoms with Crippen LogP contribution >= 0.6 is 23.2 Å². The topological polar surface area (TPSA) is 73.1 Å². The van der Waals surface area contributed by atoms with E-state index in [-0.39, 0.29) is 12.4 Å². The summed E-state index contributed by atoms with van der Waals surface area (Å²) < 4.78 is 16.1. The first kappa shape index (κ1) is 19.8. The molecule has 0 bridgehead atoms. The molecule has 0 aliphatic rings. The lowest BCUT2D eigenvalue weighted by atomic mass is 10.2. The Kier molecular flexibility index (Phi) is 6.57. The molecule has 6 nitrogen and oxygen atoms in total. The largest absolute Gasteiger partial charge is 0.497 e. The summed E-state index contributed by atoms with van der Waals surface area (Å²) in [7, 11) is 1.59. The number of amides is 1. The van der Waals surface area contributed by atoms with Crippen molar-refractivity contribution in [1.82, 2.24) is 5.43 Å². The van der Waals surface area contributed by atoms with E-state index >= 15 is 0 Å². The van der Waals surface area contributed by atoms with Gasteiger partial charge in [0.2, 0.25) is 0 Å². The highest BCUT2D eigenvalue weighted by molar-refractivity contribution is 6.34. The van der Waals surface area contributed by atoms with Gasteiger partial charge in [-0.1, -0.05) is 23.2 Å². The predicted molar refractivity (Wildman–Crippen MR) is 108 cm³/mol. The van der Waals surface area contributed by atoms with Crippen LogP contribution in [0.4, 0.5) is 0 Å². The Balaban J connectivity index is 1.54. The fourth-order valence-corrected chi connectivity index (χ4v) is 2.56. The van der Waals surface area contributed by atoms with Crippen molar-refractivity contribution in [2.45, 2.75) is 6.61 Å². The lowest BCUT2D eigenvalue weighted by molar-refractivity contribution is 0.0923. The fraction of sp³-hybridized carbons (Fsp3) is 0.100. The molecule has 0 aliphatic carbocycles. The van der Waals surface area contributed by atoms with Crippen LogP contribution in [-0.4, -0.2) is 19.2 Å². The minimum absolute atomic E-state index is 0.0997. The first-order valence-corrected chi connectivity index (χ1v) is 8.95. The van der Waals surface area contributed by atoms with E-state index in [1.807, 2.05) is 12.1 Å². The SMILES string of the molecule is COc1ccc(/C=N\NC(=O)c2ccc(COc3cc(Cl)ccc3Cl)o2)cc1. The number of hydrazone groups is 1. The number of benzene rings is 2. The van der Waals surface area contributed by atoms with Crippen molar-refractivity contribution in [3.05, 3.63) is 81.7 Å². The van der Waals surface area contributed by atoms with Gasteiger partial charge in [0.25, 0.3) is 0 Å². The number of ether oxygens (including phenoxy) is 2. The highest BCUT2D eigenvalue weighted by Crippen LogP contribution is 2.28. The number of hydrogen-bond donors (Lipinski definition) is 1. The Hall–Kier alpha value is -2.96. The first-order valence-electron chi connectivity index (χ1n) is 8.19. The van der Waals surface area contributed by atoms with E-state index in [2.05, 4.69) is 10.5 Å². The highest BCUT2D eigenvalue weighted by Gasteiger charge is 2.11. The Labute approximate surface area is 171 Å². The molecule has 1 aromatic heterocycles. The summed E-state index contributed by atoms with van der Waals surface area (Å²) in [6.45, 7) is 0.0997. The zero-order valence-electron chi connectivity index (χ0n) is 14.8. The van der Waals surface area contributed by atoms with Gasteiger partial charge in [-0.25, -0.2) is 5.43 Å². The van der Waals surface area contributed by atoms with Crippen LogP contribution in [0, 0.1) is 0 Å². The summed E-state index contributed by atoms with van der Waals surface area (Å²) >= 11 is 12.0. The molecule has 0 radical (unpaired) electrons. The minimum Gasteiger partial charge on any atom is -0.497 e. The molecule has 0 saturated heterocycles. The van der Waals surface area contributed by atoms with Gasteiger partial charge in [-0.3, -0.25) is 4.79 Å². The molecule has 0 saturated carbocycles. The molecule has 1 amide bonds. The molecule has 1 N–H and O–H groups in total. The number of furan rings is 1. The molecule has 0 spiro atoms. The van der Waals surface area contributed by atoms with Crippen molar-refractivity contribution in [1.29, 1.82) is 0 Å². The van der Waals surface area contributed by atoms with Gasteiger partial charge in [0, 0.05) is 11.1 Å². The van der Waals surface area contributed by atoms with Crippen LogP contribution in [0.15, 0.2) is 64.1 Å². The second-order valence-corrected chi connectivity index (χ2v) is 6.45. The van der Waals surface area contributed by atoms with Crippen molar-refractivity contribution in [3.8, 4) is 11.5 Å². The number of nitrogens with zero attached hydrogens (tertiary/aromatic N) is 1. The molecule has 8 heteroatoms. The van der Waals surface area contributed by atoms with Gasteiger partial charge in [0.05, 0.1) is 18.3 Å². The van der Waals surface area contributed by atoms with Crippen molar-refractivity contribution in [3.63, 3.8) is 0 Å². The molecule has 2 aromatic carbocycles. The van der Waals surface area contributed by atoms with Crippen LogP contribution in [0.1, 0.15) is 21.9 Å². The van der Waals surface area contributed by atoms with Crippen molar-refractivity contribution < 1.29 is 18.7 Å². The zero-order chi connectivity index (χ0) is 19.9. The van der Waals surface area contributed by atoms with Gasteiger partial charge in [-0.2, -0.15) is 5.10 Å². The van der Waals surface area contributed by atoms with Gasteiger partial charge in [0.1, 0.15) is 23.9 Å². The molecular formula is C20H16Cl2N2O4. The maximum absolute atomic E-state index is 12.1. The number of halogens is 2. The van der Waals surface area contributed by atoms with Crippen LogP contribution in [0.3, 0.4) is 0 Å². The van der Waals surface area contributed by atoms with Crippen LogP contribution < -0.4 is 14.9 Å². The molecule has 3 rings (SSSR count). The Morgan fingerprint density at radius 2 is 1.93 bits per heavy atom. The number of carbonyl (C=O) groups excluding carboxylic acids is 1. The summed E-state index contributed by atoms with van der Waals surface area (Å²) in [5.41, 5.74) is 3.22. The maximum Gasteiger partial charge on any atom is 0.307 e. The van der Waals surface area contributed by atoms with Gasteiger partial charge in [0.15, 0.2) is 5.76 Å². The van der Waals surface area contributed by atoms with Crippen molar-refractivity contribution >= 4 is 35.3 Å².